The number of aromatic nitrogens is 2. The van der Waals surface area contributed by atoms with Gasteiger partial charge in [-0.25, -0.2) is 4.98 Å². The van der Waals surface area contributed by atoms with Crippen LogP contribution in [-0.4, -0.2) is 15.7 Å². The highest BCUT2D eigenvalue weighted by Crippen LogP contribution is 2.24. The quantitative estimate of drug-likeness (QED) is 0.530. The zero-order valence-corrected chi connectivity index (χ0v) is 14.1. The Hall–Kier alpha value is -3.08. The number of nitrogens with zero attached hydrogens (tertiary/aromatic N) is 2. The summed E-state index contributed by atoms with van der Waals surface area (Å²) in [6, 6.07) is 11.0. The van der Waals surface area contributed by atoms with Gasteiger partial charge in [0.05, 0.1) is 23.2 Å². The first kappa shape index (κ1) is 15.4. The number of benzene rings is 2. The van der Waals surface area contributed by atoms with Crippen LogP contribution >= 0.6 is 0 Å². The summed E-state index contributed by atoms with van der Waals surface area (Å²) in [5.74, 6) is 0.694. The third kappa shape index (κ3) is 3.01. The van der Waals surface area contributed by atoms with Gasteiger partial charge in [0.1, 0.15) is 16.9 Å². The Balaban J connectivity index is 1.83. The Morgan fingerprint density at radius 3 is 2.60 bits per heavy atom. The van der Waals surface area contributed by atoms with Crippen molar-refractivity contribution in [1.82, 2.24) is 9.55 Å². The number of rotatable bonds is 4. The van der Waals surface area contributed by atoms with Crippen molar-refractivity contribution < 1.29 is 9.15 Å². The topological polar surface area (TPSA) is 57.3 Å². The summed E-state index contributed by atoms with van der Waals surface area (Å²) >= 11 is 0. The van der Waals surface area contributed by atoms with Crippen LogP contribution in [0.4, 0.5) is 0 Å². The third-order valence-corrected chi connectivity index (χ3v) is 4.00. The summed E-state index contributed by atoms with van der Waals surface area (Å²) in [5.41, 5.74) is 2.14. The van der Waals surface area contributed by atoms with E-state index in [4.69, 9.17) is 9.15 Å². The average Bonchev–Trinajstić information content (AvgIpc) is 3.07. The van der Waals surface area contributed by atoms with Crippen molar-refractivity contribution in [3.05, 3.63) is 70.9 Å². The zero-order chi connectivity index (χ0) is 17.4. The normalized spacial score (nSPS) is 11.5. The average molecular weight is 334 g/mol. The number of ether oxygens (including phenoxy) is 1. The van der Waals surface area contributed by atoms with E-state index in [1.54, 1.807) is 30.7 Å². The molecule has 0 aliphatic carbocycles. The van der Waals surface area contributed by atoms with Gasteiger partial charge in [0, 0.05) is 25.0 Å². The zero-order valence-electron chi connectivity index (χ0n) is 14.1. The van der Waals surface area contributed by atoms with E-state index in [0.29, 0.717) is 34.2 Å². The lowest BCUT2D eigenvalue weighted by atomic mass is 10.1. The van der Waals surface area contributed by atoms with Gasteiger partial charge in [0.2, 0.25) is 5.43 Å². The van der Waals surface area contributed by atoms with Gasteiger partial charge >= 0.3 is 0 Å². The molecule has 0 N–H and O–H groups in total. The summed E-state index contributed by atoms with van der Waals surface area (Å²) in [6.07, 6.45) is 5.46. The highest BCUT2D eigenvalue weighted by molar-refractivity contribution is 5.90. The molecule has 4 rings (SSSR count). The first-order valence-electron chi connectivity index (χ1n) is 8.22. The molecular weight excluding hydrogens is 316 g/mol. The van der Waals surface area contributed by atoms with Crippen molar-refractivity contribution >= 4 is 21.9 Å². The molecule has 5 heteroatoms. The molecule has 126 valence electrons. The van der Waals surface area contributed by atoms with E-state index in [0.717, 1.165) is 5.56 Å². The maximum absolute atomic E-state index is 12.7. The predicted octanol–water partition coefficient (Wildman–Crippen LogP) is 3.98. The van der Waals surface area contributed by atoms with Crippen molar-refractivity contribution in [2.45, 2.75) is 26.5 Å². The first-order valence-corrected chi connectivity index (χ1v) is 8.22. The lowest BCUT2D eigenvalue weighted by molar-refractivity contribution is 0.242. The Bertz CT molecular complexity index is 1100. The van der Waals surface area contributed by atoms with Crippen molar-refractivity contribution in [3.63, 3.8) is 0 Å². The lowest BCUT2D eigenvalue weighted by Gasteiger charge is -2.10. The predicted molar refractivity (Wildman–Crippen MR) is 97.1 cm³/mol. The van der Waals surface area contributed by atoms with Crippen LogP contribution in [0.1, 0.15) is 19.4 Å². The van der Waals surface area contributed by atoms with E-state index in [9.17, 15) is 4.79 Å². The van der Waals surface area contributed by atoms with Crippen LogP contribution in [0.2, 0.25) is 0 Å². The number of imidazole rings is 1. The van der Waals surface area contributed by atoms with Gasteiger partial charge in [0.15, 0.2) is 0 Å². The minimum Gasteiger partial charge on any atom is -0.491 e. The maximum atomic E-state index is 12.7. The van der Waals surface area contributed by atoms with Crippen molar-refractivity contribution in [1.29, 1.82) is 0 Å². The van der Waals surface area contributed by atoms with Crippen LogP contribution in [0, 0.1) is 0 Å². The molecule has 2 aromatic carbocycles. The summed E-state index contributed by atoms with van der Waals surface area (Å²) in [4.78, 5) is 16.8. The molecule has 0 unspecified atom stereocenters. The highest BCUT2D eigenvalue weighted by atomic mass is 16.5. The molecule has 4 aromatic rings. The van der Waals surface area contributed by atoms with Crippen molar-refractivity contribution in [2.24, 2.45) is 0 Å². The van der Waals surface area contributed by atoms with Crippen molar-refractivity contribution in [3.8, 4) is 5.75 Å². The molecule has 2 aromatic heterocycles. The van der Waals surface area contributed by atoms with E-state index in [2.05, 4.69) is 4.98 Å². The standard InChI is InChI=1S/C20H18N2O3/c1-13(2)24-15-4-6-17-19(10-15)25-18-9-14(3-5-16(18)20(17)23)11-22-8-7-21-12-22/h3-10,12-13H,11H2,1-2H3. The summed E-state index contributed by atoms with van der Waals surface area (Å²) < 4.78 is 13.7. The summed E-state index contributed by atoms with van der Waals surface area (Å²) in [6.45, 7) is 4.60. The minimum atomic E-state index is -0.0264. The van der Waals surface area contributed by atoms with Gasteiger partial charge in [0.25, 0.3) is 0 Å². The molecule has 0 aliphatic rings. The molecule has 2 heterocycles. The van der Waals surface area contributed by atoms with Crippen molar-refractivity contribution in [2.75, 3.05) is 0 Å². The molecule has 0 aliphatic heterocycles. The van der Waals surface area contributed by atoms with Gasteiger partial charge in [-0.3, -0.25) is 4.79 Å². The maximum Gasteiger partial charge on any atom is 0.200 e. The third-order valence-electron chi connectivity index (χ3n) is 4.00. The van der Waals surface area contributed by atoms with Crippen LogP contribution in [0.3, 0.4) is 0 Å². The Kier molecular flexibility index (Phi) is 3.76. The fourth-order valence-corrected chi connectivity index (χ4v) is 2.91. The molecule has 0 spiro atoms. The second-order valence-electron chi connectivity index (χ2n) is 6.32. The van der Waals surface area contributed by atoms with Crippen LogP contribution in [0.5, 0.6) is 5.75 Å². The molecule has 0 saturated carbocycles. The molecule has 0 fully saturated rings. The fourth-order valence-electron chi connectivity index (χ4n) is 2.91. The van der Waals surface area contributed by atoms with E-state index in [1.165, 1.54) is 0 Å². The second-order valence-corrected chi connectivity index (χ2v) is 6.32. The monoisotopic (exact) mass is 334 g/mol. The molecular formula is C20H18N2O3. The summed E-state index contributed by atoms with van der Waals surface area (Å²) in [7, 11) is 0. The van der Waals surface area contributed by atoms with Crippen LogP contribution in [0.25, 0.3) is 21.9 Å². The number of fused-ring (bicyclic) bond motifs is 2. The molecule has 0 bridgehead atoms. The Morgan fingerprint density at radius 1 is 1.12 bits per heavy atom. The van der Waals surface area contributed by atoms with Gasteiger partial charge in [-0.05, 0) is 43.7 Å². The summed E-state index contributed by atoms with van der Waals surface area (Å²) in [5, 5.41) is 1.14. The lowest BCUT2D eigenvalue weighted by Crippen LogP contribution is -2.07. The molecule has 25 heavy (non-hydrogen) atoms. The Morgan fingerprint density at radius 2 is 1.88 bits per heavy atom. The second kappa shape index (κ2) is 6.09. The minimum absolute atomic E-state index is 0.0264. The molecule has 0 atom stereocenters. The molecule has 0 radical (unpaired) electrons. The number of hydrogen-bond acceptors (Lipinski definition) is 4. The van der Waals surface area contributed by atoms with E-state index >= 15 is 0 Å². The molecule has 0 saturated heterocycles. The van der Waals surface area contributed by atoms with Crippen LogP contribution < -0.4 is 10.2 Å². The van der Waals surface area contributed by atoms with Gasteiger partial charge in [-0.2, -0.15) is 0 Å². The number of hydrogen-bond donors (Lipinski definition) is 0. The Labute approximate surface area is 144 Å². The van der Waals surface area contributed by atoms with E-state index < -0.39 is 0 Å². The van der Waals surface area contributed by atoms with Crippen LogP contribution in [-0.2, 0) is 6.54 Å². The first-order chi connectivity index (χ1) is 12.1. The van der Waals surface area contributed by atoms with Gasteiger partial charge in [-0.1, -0.05) is 6.07 Å². The molecule has 0 amide bonds. The largest absolute Gasteiger partial charge is 0.491 e. The smallest absolute Gasteiger partial charge is 0.200 e. The molecule has 5 nitrogen and oxygen atoms in total. The van der Waals surface area contributed by atoms with E-state index in [-0.39, 0.29) is 11.5 Å². The van der Waals surface area contributed by atoms with Gasteiger partial charge < -0.3 is 13.7 Å². The highest BCUT2D eigenvalue weighted by Gasteiger charge is 2.10. The SMILES string of the molecule is CC(C)Oc1ccc2c(=O)c3ccc(Cn4ccnc4)cc3oc2c1. The van der Waals surface area contributed by atoms with Crippen LogP contribution in [0.15, 0.2) is 64.3 Å². The fraction of sp³-hybridized carbons (Fsp3) is 0.200. The van der Waals surface area contributed by atoms with Gasteiger partial charge in [-0.15, -0.1) is 0 Å². The van der Waals surface area contributed by atoms with E-state index in [1.807, 2.05) is 42.8 Å².